The van der Waals surface area contributed by atoms with Crippen molar-refractivity contribution in [1.82, 2.24) is 0 Å². The van der Waals surface area contributed by atoms with Crippen molar-refractivity contribution in [1.29, 1.82) is 0 Å². The lowest BCUT2D eigenvalue weighted by molar-refractivity contribution is 0.318. The summed E-state index contributed by atoms with van der Waals surface area (Å²) in [5.74, 6) is -0.253. The fourth-order valence-electron chi connectivity index (χ4n) is 1.32. The Kier molecular flexibility index (Phi) is 4.03. The predicted molar refractivity (Wildman–Crippen MR) is 59.6 cm³/mol. The Labute approximate surface area is 88.7 Å². The van der Waals surface area contributed by atoms with E-state index in [0.717, 1.165) is 11.1 Å². The van der Waals surface area contributed by atoms with Gasteiger partial charge in [-0.1, -0.05) is 30.3 Å². The van der Waals surface area contributed by atoms with Crippen LogP contribution in [-0.2, 0) is 0 Å². The van der Waals surface area contributed by atoms with E-state index in [4.69, 9.17) is 5.21 Å². The van der Waals surface area contributed by atoms with Crippen LogP contribution in [0.4, 0.5) is 4.39 Å². The lowest BCUT2D eigenvalue weighted by atomic mass is 10.1. The summed E-state index contributed by atoms with van der Waals surface area (Å²) in [6.45, 7) is 3.78. The predicted octanol–water partition coefficient (Wildman–Crippen LogP) is 3.47. The highest BCUT2D eigenvalue weighted by atomic mass is 19.1. The second-order valence-electron chi connectivity index (χ2n) is 3.28. The van der Waals surface area contributed by atoms with E-state index >= 15 is 0 Å². The van der Waals surface area contributed by atoms with Gasteiger partial charge in [-0.3, -0.25) is 0 Å². The van der Waals surface area contributed by atoms with Crippen LogP contribution < -0.4 is 0 Å². The average molecular weight is 207 g/mol. The molecule has 3 heteroatoms. The van der Waals surface area contributed by atoms with Gasteiger partial charge < -0.3 is 5.21 Å². The van der Waals surface area contributed by atoms with E-state index in [-0.39, 0.29) is 5.82 Å². The molecule has 80 valence electrons. The van der Waals surface area contributed by atoms with Crippen LogP contribution >= 0.6 is 0 Å². The summed E-state index contributed by atoms with van der Waals surface area (Å²) in [5.41, 5.74) is 2.41. The van der Waals surface area contributed by atoms with Crippen LogP contribution in [0.3, 0.4) is 0 Å². The number of benzene rings is 1. The molecule has 1 N–H and O–H groups in total. The first kappa shape index (κ1) is 11.4. The van der Waals surface area contributed by atoms with Gasteiger partial charge in [0, 0.05) is 0 Å². The van der Waals surface area contributed by atoms with Gasteiger partial charge in [-0.15, -0.1) is 0 Å². The van der Waals surface area contributed by atoms with Crippen LogP contribution in [0.5, 0.6) is 0 Å². The molecular weight excluding hydrogens is 193 g/mol. The molecule has 0 saturated heterocycles. The van der Waals surface area contributed by atoms with E-state index in [2.05, 4.69) is 5.16 Å². The molecule has 0 aromatic heterocycles. The number of allylic oxidation sites excluding steroid dienone is 1. The third kappa shape index (κ3) is 3.20. The first-order valence-electron chi connectivity index (χ1n) is 4.82. The molecule has 0 aliphatic heterocycles. The Bertz CT molecular complexity index is 379. The minimum absolute atomic E-state index is 0.253. The summed E-state index contributed by atoms with van der Waals surface area (Å²) < 4.78 is 12.6. The molecule has 0 heterocycles. The largest absolute Gasteiger partial charge is 0.411 e. The molecule has 0 spiro atoms. The molecule has 0 radical (unpaired) electrons. The van der Waals surface area contributed by atoms with E-state index in [1.807, 2.05) is 19.9 Å². The van der Waals surface area contributed by atoms with Gasteiger partial charge in [-0.25, -0.2) is 4.39 Å². The van der Waals surface area contributed by atoms with Gasteiger partial charge in [-0.05, 0) is 36.6 Å². The molecule has 15 heavy (non-hydrogen) atoms. The lowest BCUT2D eigenvalue weighted by Crippen LogP contribution is -1.97. The van der Waals surface area contributed by atoms with Crippen molar-refractivity contribution >= 4 is 11.8 Å². The maximum Gasteiger partial charge on any atom is 0.123 e. The van der Waals surface area contributed by atoms with Gasteiger partial charge in [0.15, 0.2) is 0 Å². The van der Waals surface area contributed by atoms with Gasteiger partial charge >= 0.3 is 0 Å². The van der Waals surface area contributed by atoms with Crippen molar-refractivity contribution in [3.8, 4) is 0 Å². The molecule has 1 rings (SSSR count). The Morgan fingerprint density at radius 1 is 1.40 bits per heavy atom. The Morgan fingerprint density at radius 2 is 2.00 bits per heavy atom. The van der Waals surface area contributed by atoms with Crippen molar-refractivity contribution in [3.05, 3.63) is 41.2 Å². The maximum absolute atomic E-state index is 12.6. The van der Waals surface area contributed by atoms with Crippen molar-refractivity contribution < 1.29 is 9.60 Å². The molecule has 1 aromatic rings. The van der Waals surface area contributed by atoms with E-state index in [9.17, 15) is 4.39 Å². The zero-order chi connectivity index (χ0) is 11.3. The van der Waals surface area contributed by atoms with Gasteiger partial charge in [0.1, 0.15) is 5.82 Å². The molecule has 2 nitrogen and oxygen atoms in total. The molecule has 0 unspecified atom stereocenters. The zero-order valence-corrected chi connectivity index (χ0v) is 8.87. The number of hydrogen-bond donors (Lipinski definition) is 1. The summed E-state index contributed by atoms with van der Waals surface area (Å²) in [6.07, 6.45) is 2.53. The summed E-state index contributed by atoms with van der Waals surface area (Å²) >= 11 is 0. The minimum Gasteiger partial charge on any atom is -0.411 e. The number of hydrogen-bond acceptors (Lipinski definition) is 2. The molecular formula is C12H14FNO. The highest BCUT2D eigenvalue weighted by Gasteiger charge is 1.99. The molecule has 0 aliphatic rings. The van der Waals surface area contributed by atoms with E-state index < -0.39 is 0 Å². The summed E-state index contributed by atoms with van der Waals surface area (Å²) in [5, 5.41) is 11.9. The summed E-state index contributed by atoms with van der Waals surface area (Å²) in [7, 11) is 0. The van der Waals surface area contributed by atoms with E-state index in [1.54, 1.807) is 12.1 Å². The van der Waals surface area contributed by atoms with Crippen molar-refractivity contribution in [3.63, 3.8) is 0 Å². The van der Waals surface area contributed by atoms with Crippen molar-refractivity contribution in [2.75, 3.05) is 0 Å². The molecule has 0 saturated carbocycles. The highest BCUT2D eigenvalue weighted by Crippen LogP contribution is 2.10. The van der Waals surface area contributed by atoms with Gasteiger partial charge in [-0.2, -0.15) is 0 Å². The first-order chi connectivity index (χ1) is 7.17. The second kappa shape index (κ2) is 5.29. The van der Waals surface area contributed by atoms with Crippen LogP contribution in [0.2, 0.25) is 0 Å². The van der Waals surface area contributed by atoms with Crippen molar-refractivity contribution in [2.24, 2.45) is 5.16 Å². The third-order valence-corrected chi connectivity index (χ3v) is 2.16. The topological polar surface area (TPSA) is 32.6 Å². The molecule has 0 atom stereocenters. The smallest absolute Gasteiger partial charge is 0.123 e. The van der Waals surface area contributed by atoms with Gasteiger partial charge in [0.05, 0.1) is 5.71 Å². The van der Waals surface area contributed by atoms with Gasteiger partial charge in [0.25, 0.3) is 0 Å². The third-order valence-electron chi connectivity index (χ3n) is 2.16. The molecule has 1 aromatic carbocycles. The monoisotopic (exact) mass is 207 g/mol. The SMILES string of the molecule is CCC(=N/O)/C(C)=C/c1ccc(F)cc1. The summed E-state index contributed by atoms with van der Waals surface area (Å²) in [6, 6.07) is 6.18. The Morgan fingerprint density at radius 3 is 2.47 bits per heavy atom. The molecule has 0 fully saturated rings. The number of halogens is 1. The lowest BCUT2D eigenvalue weighted by Gasteiger charge is -2.01. The number of rotatable bonds is 3. The van der Waals surface area contributed by atoms with Crippen LogP contribution in [0.25, 0.3) is 6.08 Å². The quantitative estimate of drug-likeness (QED) is 0.459. The van der Waals surface area contributed by atoms with Crippen LogP contribution in [0.1, 0.15) is 25.8 Å². The van der Waals surface area contributed by atoms with Gasteiger partial charge in [0.2, 0.25) is 0 Å². The molecule has 0 amide bonds. The first-order valence-corrected chi connectivity index (χ1v) is 4.82. The average Bonchev–Trinajstić information content (AvgIpc) is 2.23. The molecule has 0 bridgehead atoms. The van der Waals surface area contributed by atoms with Crippen LogP contribution in [-0.4, -0.2) is 10.9 Å². The fraction of sp³-hybridized carbons (Fsp3) is 0.250. The van der Waals surface area contributed by atoms with E-state index in [0.29, 0.717) is 12.1 Å². The van der Waals surface area contributed by atoms with E-state index in [1.165, 1.54) is 12.1 Å². The fourth-order valence-corrected chi connectivity index (χ4v) is 1.32. The Hall–Kier alpha value is -1.64. The summed E-state index contributed by atoms with van der Waals surface area (Å²) in [4.78, 5) is 0. The molecule has 0 aliphatic carbocycles. The highest BCUT2D eigenvalue weighted by molar-refractivity contribution is 6.02. The number of oxime groups is 1. The minimum atomic E-state index is -0.253. The number of nitrogens with zero attached hydrogens (tertiary/aromatic N) is 1. The zero-order valence-electron chi connectivity index (χ0n) is 8.87. The standard InChI is InChI=1S/C12H14FNO/c1-3-12(14-15)9(2)8-10-4-6-11(13)7-5-10/h4-8,15H,3H2,1-2H3/b9-8+,14-12-. The normalized spacial score (nSPS) is 13.0. The Balaban J connectivity index is 2.92. The van der Waals surface area contributed by atoms with Crippen LogP contribution in [0, 0.1) is 5.82 Å². The second-order valence-corrected chi connectivity index (χ2v) is 3.28. The van der Waals surface area contributed by atoms with Crippen LogP contribution in [0.15, 0.2) is 35.0 Å². The van der Waals surface area contributed by atoms with Crippen molar-refractivity contribution in [2.45, 2.75) is 20.3 Å². The maximum atomic E-state index is 12.6.